The van der Waals surface area contributed by atoms with Gasteiger partial charge in [0.05, 0.1) is 12.2 Å². The minimum atomic E-state index is 0.608. The maximum atomic E-state index is 9.47. The average Bonchev–Trinajstić information content (AvgIpc) is 2.73. The molecule has 0 bridgehead atoms. The summed E-state index contributed by atoms with van der Waals surface area (Å²) in [6.45, 7) is 2.63. The smallest absolute Gasteiger partial charge is 0.133 e. The van der Waals surface area contributed by atoms with Crippen molar-refractivity contribution in [2.24, 2.45) is 0 Å². The summed E-state index contributed by atoms with van der Waals surface area (Å²) < 4.78 is 2.03. The summed E-state index contributed by atoms with van der Waals surface area (Å²) in [6.07, 6.45) is 4.87. The predicted molar refractivity (Wildman–Crippen MR) is 94.8 cm³/mol. The molecule has 0 unspecified atom stereocenters. The highest BCUT2D eigenvalue weighted by atomic mass is 35.5. The molecule has 0 aliphatic carbocycles. The van der Waals surface area contributed by atoms with Gasteiger partial charge in [-0.1, -0.05) is 36.6 Å². The molecule has 1 aliphatic heterocycles. The molecule has 0 radical (unpaired) electrons. The van der Waals surface area contributed by atoms with Crippen molar-refractivity contribution in [3.05, 3.63) is 46.6 Å². The number of rotatable bonds is 3. The second kappa shape index (κ2) is 6.97. The molecule has 120 valence electrons. The third-order valence-corrected chi connectivity index (χ3v) is 4.62. The van der Waals surface area contributed by atoms with Crippen LogP contribution < -0.4 is 10.6 Å². The Morgan fingerprint density at radius 1 is 1.09 bits per heavy atom. The zero-order valence-electron chi connectivity index (χ0n) is 13.1. The van der Waals surface area contributed by atoms with E-state index in [0.29, 0.717) is 22.9 Å². The minimum absolute atomic E-state index is 0.608. The molecule has 3 rings (SSSR count). The highest BCUT2D eigenvalue weighted by molar-refractivity contribution is 6.30. The Labute approximate surface area is 142 Å². The quantitative estimate of drug-likeness (QED) is 0.925. The number of nitrogens with zero attached hydrogens (tertiary/aromatic N) is 3. The number of benzene rings is 1. The van der Waals surface area contributed by atoms with Crippen molar-refractivity contribution in [1.82, 2.24) is 4.57 Å². The van der Waals surface area contributed by atoms with E-state index in [9.17, 15) is 5.26 Å². The number of aromatic nitrogens is 1. The SMILES string of the molecule is N#Cc1cc(N)c(N2CCCCCC2)n1Cc1ccc(Cl)cc1. The molecule has 23 heavy (non-hydrogen) atoms. The van der Waals surface area contributed by atoms with Gasteiger partial charge in [0.2, 0.25) is 0 Å². The Morgan fingerprint density at radius 2 is 1.74 bits per heavy atom. The molecule has 2 N–H and O–H groups in total. The van der Waals surface area contributed by atoms with Crippen LogP contribution in [0.25, 0.3) is 0 Å². The summed E-state index contributed by atoms with van der Waals surface area (Å²) in [5.74, 6) is 0.985. The van der Waals surface area contributed by atoms with Crippen molar-refractivity contribution in [2.75, 3.05) is 23.7 Å². The van der Waals surface area contributed by atoms with Crippen molar-refractivity contribution in [3.8, 4) is 6.07 Å². The number of halogens is 1. The van der Waals surface area contributed by atoms with Crippen LogP contribution in [-0.2, 0) is 6.54 Å². The number of nitriles is 1. The maximum Gasteiger partial charge on any atom is 0.133 e. The Kier molecular flexibility index (Phi) is 4.78. The molecule has 0 spiro atoms. The second-order valence-corrected chi connectivity index (χ2v) is 6.47. The zero-order valence-corrected chi connectivity index (χ0v) is 13.9. The van der Waals surface area contributed by atoms with E-state index in [1.807, 2.05) is 28.8 Å². The molecule has 1 saturated heterocycles. The lowest BCUT2D eigenvalue weighted by atomic mass is 10.2. The molecule has 2 aromatic rings. The first-order chi connectivity index (χ1) is 11.2. The third-order valence-electron chi connectivity index (χ3n) is 4.37. The van der Waals surface area contributed by atoms with E-state index in [1.54, 1.807) is 6.07 Å². The lowest BCUT2D eigenvalue weighted by Crippen LogP contribution is -2.27. The van der Waals surface area contributed by atoms with Crippen LogP contribution in [0.15, 0.2) is 30.3 Å². The molecule has 0 atom stereocenters. The summed E-state index contributed by atoms with van der Waals surface area (Å²) in [6, 6.07) is 11.8. The summed E-state index contributed by atoms with van der Waals surface area (Å²) >= 11 is 5.96. The lowest BCUT2D eigenvalue weighted by Gasteiger charge is -2.25. The van der Waals surface area contributed by atoms with Gasteiger partial charge in [-0.3, -0.25) is 0 Å². The van der Waals surface area contributed by atoms with Gasteiger partial charge in [0.15, 0.2) is 0 Å². The lowest BCUT2D eigenvalue weighted by molar-refractivity contribution is 0.716. The molecule has 1 aliphatic rings. The van der Waals surface area contributed by atoms with Crippen molar-refractivity contribution in [1.29, 1.82) is 5.26 Å². The standard InChI is InChI=1S/C18H21ClN4/c19-15-7-5-14(6-8-15)13-23-16(12-20)11-17(21)18(23)22-9-3-1-2-4-10-22/h5-8,11H,1-4,9-10,13,21H2. The summed E-state index contributed by atoms with van der Waals surface area (Å²) in [5, 5.41) is 10.2. The van der Waals surface area contributed by atoms with Gasteiger partial charge in [-0.15, -0.1) is 0 Å². The zero-order chi connectivity index (χ0) is 16.2. The Morgan fingerprint density at radius 3 is 2.35 bits per heavy atom. The Balaban J connectivity index is 1.96. The van der Waals surface area contributed by atoms with Crippen LogP contribution in [0.5, 0.6) is 0 Å². The molecular formula is C18H21ClN4. The van der Waals surface area contributed by atoms with Crippen LogP contribution in [0.1, 0.15) is 36.9 Å². The highest BCUT2D eigenvalue weighted by Gasteiger charge is 2.20. The van der Waals surface area contributed by atoms with Crippen molar-refractivity contribution >= 4 is 23.1 Å². The van der Waals surface area contributed by atoms with Crippen LogP contribution in [-0.4, -0.2) is 17.7 Å². The van der Waals surface area contributed by atoms with Gasteiger partial charge in [-0.25, -0.2) is 0 Å². The van der Waals surface area contributed by atoms with Crippen molar-refractivity contribution in [2.45, 2.75) is 32.2 Å². The van der Waals surface area contributed by atoms with Gasteiger partial charge in [-0.2, -0.15) is 5.26 Å². The summed E-state index contributed by atoms with van der Waals surface area (Å²) in [4.78, 5) is 2.33. The fourth-order valence-electron chi connectivity index (χ4n) is 3.22. The first-order valence-electron chi connectivity index (χ1n) is 8.07. The third kappa shape index (κ3) is 3.46. The molecule has 1 aromatic heterocycles. The van der Waals surface area contributed by atoms with Crippen LogP contribution in [0.3, 0.4) is 0 Å². The van der Waals surface area contributed by atoms with E-state index < -0.39 is 0 Å². The van der Waals surface area contributed by atoms with Crippen molar-refractivity contribution in [3.63, 3.8) is 0 Å². The molecule has 2 heterocycles. The number of hydrogen-bond acceptors (Lipinski definition) is 3. The van der Waals surface area contributed by atoms with Crippen LogP contribution in [0, 0.1) is 11.3 Å². The monoisotopic (exact) mass is 328 g/mol. The molecular weight excluding hydrogens is 308 g/mol. The van der Waals surface area contributed by atoms with Crippen molar-refractivity contribution < 1.29 is 0 Å². The van der Waals surface area contributed by atoms with Gasteiger partial charge >= 0.3 is 0 Å². The molecule has 1 aromatic carbocycles. The summed E-state index contributed by atoms with van der Waals surface area (Å²) in [5.41, 5.74) is 8.65. The number of nitrogen functional groups attached to an aromatic ring is 1. The van der Waals surface area contributed by atoms with Gasteiger partial charge in [0, 0.05) is 18.1 Å². The molecule has 0 saturated carbocycles. The van der Waals surface area contributed by atoms with Crippen LogP contribution in [0.4, 0.5) is 11.5 Å². The van der Waals surface area contributed by atoms with E-state index in [0.717, 1.165) is 24.5 Å². The molecule has 5 heteroatoms. The van der Waals surface area contributed by atoms with Crippen LogP contribution in [0.2, 0.25) is 5.02 Å². The normalized spacial score (nSPS) is 15.2. The molecule has 4 nitrogen and oxygen atoms in total. The first-order valence-corrected chi connectivity index (χ1v) is 8.45. The largest absolute Gasteiger partial charge is 0.396 e. The number of hydrogen-bond donors (Lipinski definition) is 1. The fourth-order valence-corrected chi connectivity index (χ4v) is 3.35. The first kappa shape index (κ1) is 15.8. The predicted octanol–water partition coefficient (Wildman–Crippen LogP) is 4.02. The van der Waals surface area contributed by atoms with E-state index in [1.165, 1.54) is 25.7 Å². The van der Waals surface area contributed by atoms with Gasteiger partial charge in [-0.05, 0) is 36.6 Å². The fraction of sp³-hybridized carbons (Fsp3) is 0.389. The number of anilines is 2. The van der Waals surface area contributed by atoms with Gasteiger partial charge in [0.25, 0.3) is 0 Å². The number of nitrogens with two attached hydrogens (primary N) is 1. The Hall–Kier alpha value is -2.12. The molecule has 0 amide bonds. The van der Waals surface area contributed by atoms with Gasteiger partial charge < -0.3 is 15.2 Å². The van der Waals surface area contributed by atoms with E-state index in [2.05, 4.69) is 11.0 Å². The van der Waals surface area contributed by atoms with Crippen LogP contribution >= 0.6 is 11.6 Å². The minimum Gasteiger partial charge on any atom is -0.396 e. The van der Waals surface area contributed by atoms with E-state index >= 15 is 0 Å². The summed E-state index contributed by atoms with van der Waals surface area (Å²) in [7, 11) is 0. The van der Waals surface area contributed by atoms with Gasteiger partial charge in [0.1, 0.15) is 17.6 Å². The van der Waals surface area contributed by atoms with E-state index in [4.69, 9.17) is 17.3 Å². The highest BCUT2D eigenvalue weighted by Crippen LogP contribution is 2.30. The Bertz CT molecular complexity index is 704. The maximum absolute atomic E-state index is 9.47. The average molecular weight is 329 g/mol. The molecule has 1 fully saturated rings. The van der Waals surface area contributed by atoms with E-state index in [-0.39, 0.29) is 0 Å². The second-order valence-electron chi connectivity index (χ2n) is 6.03. The topological polar surface area (TPSA) is 58.0 Å².